The Hall–Kier alpha value is -1.33. The number of nitrogens with two attached hydrogens (primary N) is 1. The van der Waals surface area contributed by atoms with E-state index in [0.29, 0.717) is 0 Å². The largest absolute Gasteiger partial charge is 0.329 e. The maximum absolute atomic E-state index is 5.83. The summed E-state index contributed by atoms with van der Waals surface area (Å²) in [6, 6.07) is 3.97. The van der Waals surface area contributed by atoms with Crippen LogP contribution in [0.3, 0.4) is 0 Å². The first-order valence-electron chi connectivity index (χ1n) is 5.03. The summed E-state index contributed by atoms with van der Waals surface area (Å²) in [4.78, 5) is 8.53. The van der Waals surface area contributed by atoms with E-state index in [1.54, 1.807) is 12.4 Å². The first-order valence-corrected chi connectivity index (χ1v) is 5.85. The number of hydrogen-bond donors (Lipinski definition) is 1. The number of pyridine rings is 1. The van der Waals surface area contributed by atoms with E-state index in [2.05, 4.69) is 9.97 Å². The van der Waals surface area contributed by atoms with Gasteiger partial charge in [-0.3, -0.25) is 0 Å². The van der Waals surface area contributed by atoms with Crippen LogP contribution in [0, 0.1) is 0 Å². The minimum absolute atomic E-state index is 0.0312. The van der Waals surface area contributed by atoms with Crippen LogP contribution >= 0.6 is 11.8 Å². The van der Waals surface area contributed by atoms with E-state index in [1.165, 1.54) is 11.8 Å². The number of nitrogens with zero attached hydrogens (tertiary/aromatic N) is 3. The molecule has 0 fully saturated rings. The minimum Gasteiger partial charge on any atom is -0.329 e. The Balaban J connectivity index is 2.22. The van der Waals surface area contributed by atoms with Gasteiger partial charge in [0, 0.05) is 31.7 Å². The maximum atomic E-state index is 5.83. The van der Waals surface area contributed by atoms with Crippen LogP contribution in [0.5, 0.6) is 0 Å². The number of aryl methyl sites for hydroxylation is 1. The Bertz CT molecular complexity index is 478. The van der Waals surface area contributed by atoms with Crippen molar-refractivity contribution in [3.63, 3.8) is 0 Å². The zero-order valence-electron chi connectivity index (χ0n) is 9.29. The Labute approximate surface area is 98.9 Å². The van der Waals surface area contributed by atoms with Crippen molar-refractivity contribution in [2.45, 2.75) is 23.1 Å². The lowest BCUT2D eigenvalue weighted by molar-refractivity contribution is 0.786. The molecule has 0 bridgehead atoms. The molecule has 0 aromatic carbocycles. The van der Waals surface area contributed by atoms with Gasteiger partial charge in [-0.15, -0.1) is 0 Å². The number of aromatic nitrogens is 3. The van der Waals surface area contributed by atoms with E-state index < -0.39 is 0 Å². The fourth-order valence-electron chi connectivity index (χ4n) is 1.31. The fourth-order valence-corrected chi connectivity index (χ4v) is 2.12. The Morgan fingerprint density at radius 2 is 2.19 bits per heavy atom. The highest BCUT2D eigenvalue weighted by atomic mass is 32.2. The van der Waals surface area contributed by atoms with Gasteiger partial charge in [0.15, 0.2) is 5.16 Å². The van der Waals surface area contributed by atoms with Crippen LogP contribution in [0.4, 0.5) is 0 Å². The molecule has 0 radical (unpaired) electrons. The molecule has 1 unspecified atom stereocenters. The second kappa shape index (κ2) is 4.67. The number of hydrogen-bond acceptors (Lipinski definition) is 4. The Morgan fingerprint density at radius 1 is 1.38 bits per heavy atom. The van der Waals surface area contributed by atoms with E-state index >= 15 is 0 Å². The van der Waals surface area contributed by atoms with Crippen molar-refractivity contribution in [2.24, 2.45) is 12.8 Å². The van der Waals surface area contributed by atoms with Gasteiger partial charge in [-0.2, -0.15) is 0 Å². The van der Waals surface area contributed by atoms with Crippen molar-refractivity contribution < 1.29 is 0 Å². The lowest BCUT2D eigenvalue weighted by atomic mass is 10.1. The average Bonchev–Trinajstić information content (AvgIpc) is 2.65. The molecule has 2 rings (SSSR count). The van der Waals surface area contributed by atoms with Crippen molar-refractivity contribution in [3.8, 4) is 0 Å². The van der Waals surface area contributed by atoms with Gasteiger partial charge in [-0.25, -0.2) is 9.97 Å². The van der Waals surface area contributed by atoms with Gasteiger partial charge in [0.05, 0.1) is 0 Å². The third kappa shape index (κ3) is 2.43. The van der Waals surface area contributed by atoms with E-state index in [0.717, 1.165) is 15.7 Å². The highest BCUT2D eigenvalue weighted by Crippen LogP contribution is 2.25. The van der Waals surface area contributed by atoms with E-state index in [1.807, 2.05) is 36.9 Å². The van der Waals surface area contributed by atoms with Crippen LogP contribution in [-0.4, -0.2) is 14.5 Å². The summed E-state index contributed by atoms with van der Waals surface area (Å²) >= 11 is 1.54. The molecule has 0 aliphatic rings. The molecule has 2 heterocycles. The zero-order valence-corrected chi connectivity index (χ0v) is 10.1. The van der Waals surface area contributed by atoms with Crippen LogP contribution in [0.25, 0.3) is 0 Å². The number of rotatable bonds is 3. The lowest BCUT2D eigenvalue weighted by Gasteiger charge is -2.06. The Kier molecular flexibility index (Phi) is 3.26. The molecular formula is C11H14N4S. The minimum atomic E-state index is 0.0312. The quantitative estimate of drug-likeness (QED) is 0.882. The van der Waals surface area contributed by atoms with Crippen LogP contribution < -0.4 is 5.73 Å². The number of imidazole rings is 1. The normalized spacial score (nSPS) is 12.7. The van der Waals surface area contributed by atoms with Crippen molar-refractivity contribution in [3.05, 3.63) is 36.3 Å². The monoisotopic (exact) mass is 234 g/mol. The highest BCUT2D eigenvalue weighted by Gasteiger charge is 2.06. The van der Waals surface area contributed by atoms with Gasteiger partial charge >= 0.3 is 0 Å². The third-order valence-corrected chi connectivity index (χ3v) is 3.27. The van der Waals surface area contributed by atoms with Crippen LogP contribution in [0.2, 0.25) is 0 Å². The molecule has 2 aromatic rings. The summed E-state index contributed by atoms with van der Waals surface area (Å²) in [6.07, 6.45) is 5.47. The molecule has 0 saturated heterocycles. The van der Waals surface area contributed by atoms with Gasteiger partial charge < -0.3 is 10.3 Å². The van der Waals surface area contributed by atoms with Gasteiger partial charge in [0.25, 0.3) is 0 Å². The van der Waals surface area contributed by atoms with E-state index in [-0.39, 0.29) is 6.04 Å². The predicted molar refractivity (Wildman–Crippen MR) is 64.2 cm³/mol. The van der Waals surface area contributed by atoms with Crippen molar-refractivity contribution >= 4 is 11.8 Å². The molecule has 0 spiro atoms. The predicted octanol–water partition coefficient (Wildman–Crippen LogP) is 1.99. The molecule has 0 aliphatic carbocycles. The molecule has 2 aromatic heterocycles. The second-order valence-electron chi connectivity index (χ2n) is 3.64. The summed E-state index contributed by atoms with van der Waals surface area (Å²) in [5, 5.41) is 1.85. The standard InChI is InChI=1S/C11H14N4S/c1-8(12)9-3-4-13-10(7-9)16-11-14-5-6-15(11)2/h3-8H,12H2,1-2H3. The van der Waals surface area contributed by atoms with E-state index in [4.69, 9.17) is 5.73 Å². The zero-order chi connectivity index (χ0) is 11.5. The molecule has 84 valence electrons. The first-order chi connectivity index (χ1) is 7.66. The molecule has 0 aliphatic heterocycles. The second-order valence-corrected chi connectivity index (χ2v) is 4.63. The molecule has 1 atom stereocenters. The summed E-state index contributed by atoms with van der Waals surface area (Å²) < 4.78 is 1.96. The molecule has 4 nitrogen and oxygen atoms in total. The molecule has 5 heteroatoms. The van der Waals surface area contributed by atoms with Crippen molar-refractivity contribution in [1.82, 2.24) is 14.5 Å². The topological polar surface area (TPSA) is 56.7 Å². The van der Waals surface area contributed by atoms with Crippen LogP contribution in [-0.2, 0) is 7.05 Å². The lowest BCUT2D eigenvalue weighted by Crippen LogP contribution is -2.05. The van der Waals surface area contributed by atoms with Crippen LogP contribution in [0.15, 0.2) is 40.9 Å². The fraction of sp³-hybridized carbons (Fsp3) is 0.273. The highest BCUT2D eigenvalue weighted by molar-refractivity contribution is 7.99. The van der Waals surface area contributed by atoms with Crippen molar-refractivity contribution in [2.75, 3.05) is 0 Å². The van der Waals surface area contributed by atoms with Gasteiger partial charge in [-0.05, 0) is 36.4 Å². The Morgan fingerprint density at radius 3 is 2.81 bits per heavy atom. The molecular weight excluding hydrogens is 220 g/mol. The molecule has 0 amide bonds. The smallest absolute Gasteiger partial charge is 0.174 e. The first kappa shape index (κ1) is 11.2. The van der Waals surface area contributed by atoms with Gasteiger partial charge in [0.1, 0.15) is 5.03 Å². The average molecular weight is 234 g/mol. The molecule has 16 heavy (non-hydrogen) atoms. The molecule has 2 N–H and O–H groups in total. The maximum Gasteiger partial charge on any atom is 0.174 e. The summed E-state index contributed by atoms with van der Waals surface area (Å²) in [7, 11) is 1.96. The SMILES string of the molecule is CC(N)c1ccnc(Sc2nccn2C)c1. The van der Waals surface area contributed by atoms with Gasteiger partial charge in [0.2, 0.25) is 0 Å². The summed E-state index contributed by atoms with van der Waals surface area (Å²) in [5.41, 5.74) is 6.92. The third-order valence-electron chi connectivity index (χ3n) is 2.26. The van der Waals surface area contributed by atoms with Gasteiger partial charge in [-0.1, -0.05) is 0 Å². The van der Waals surface area contributed by atoms with Crippen LogP contribution in [0.1, 0.15) is 18.5 Å². The van der Waals surface area contributed by atoms with E-state index in [9.17, 15) is 0 Å². The summed E-state index contributed by atoms with van der Waals surface area (Å²) in [5.74, 6) is 0. The van der Waals surface area contributed by atoms with Crippen molar-refractivity contribution in [1.29, 1.82) is 0 Å². The summed E-state index contributed by atoms with van der Waals surface area (Å²) in [6.45, 7) is 1.96. The molecule has 0 saturated carbocycles.